The average molecular weight is 289 g/mol. The van der Waals surface area contributed by atoms with Gasteiger partial charge in [-0.3, -0.25) is 4.98 Å². The Kier molecular flexibility index (Phi) is 3.11. The van der Waals surface area contributed by atoms with Gasteiger partial charge in [-0.1, -0.05) is 0 Å². The molecule has 0 aromatic carbocycles. The van der Waals surface area contributed by atoms with E-state index in [1.165, 1.54) is 0 Å². The highest BCUT2D eigenvalue weighted by atomic mass is 16.6. The summed E-state index contributed by atoms with van der Waals surface area (Å²) < 4.78 is 5.37. The monoisotopic (exact) mass is 289 g/mol. The summed E-state index contributed by atoms with van der Waals surface area (Å²) in [6, 6.07) is 2.14. The fourth-order valence-corrected chi connectivity index (χ4v) is 3.09. The molecule has 1 aliphatic heterocycles. The van der Waals surface area contributed by atoms with Gasteiger partial charge in [-0.25, -0.2) is 4.79 Å². The van der Waals surface area contributed by atoms with Gasteiger partial charge in [-0.05, 0) is 45.7 Å². The van der Waals surface area contributed by atoms with Crippen LogP contribution in [0.2, 0.25) is 0 Å². The molecule has 0 radical (unpaired) electrons. The molecule has 1 amide bonds. The number of fused-ring (bicyclic) bond motifs is 1. The number of piperidine rings is 1. The van der Waals surface area contributed by atoms with Crippen LogP contribution in [0.4, 0.5) is 10.5 Å². The fourth-order valence-electron chi connectivity index (χ4n) is 3.09. The van der Waals surface area contributed by atoms with Crippen LogP contribution in [0.5, 0.6) is 0 Å². The van der Waals surface area contributed by atoms with E-state index in [1.54, 1.807) is 0 Å². The molecule has 1 aromatic rings. The van der Waals surface area contributed by atoms with Crippen LogP contribution in [0.15, 0.2) is 18.5 Å². The van der Waals surface area contributed by atoms with E-state index in [0.29, 0.717) is 5.92 Å². The zero-order chi connectivity index (χ0) is 15.3. The maximum Gasteiger partial charge on any atom is 0.408 e. The molecule has 1 saturated heterocycles. The van der Waals surface area contributed by atoms with E-state index in [2.05, 4.69) is 21.3 Å². The number of alkyl carbamates (subject to hydrolysis) is 1. The largest absolute Gasteiger partial charge is 0.444 e. The lowest BCUT2D eigenvalue weighted by atomic mass is 10.2. The van der Waals surface area contributed by atoms with Gasteiger partial charge in [0.25, 0.3) is 0 Å². The zero-order valence-electron chi connectivity index (χ0n) is 13.1. The number of nitrogens with zero attached hydrogens (tertiary/aromatic N) is 2. The molecule has 3 rings (SSSR count). The number of carbonyl (C=O) groups excluding carboxylic acids is 1. The van der Waals surface area contributed by atoms with Crippen molar-refractivity contribution >= 4 is 11.8 Å². The number of ether oxygens (including phenoxy) is 1. The van der Waals surface area contributed by atoms with E-state index in [-0.39, 0.29) is 11.6 Å². The van der Waals surface area contributed by atoms with E-state index >= 15 is 0 Å². The summed E-state index contributed by atoms with van der Waals surface area (Å²) >= 11 is 0. The van der Waals surface area contributed by atoms with E-state index in [0.717, 1.165) is 30.8 Å². The minimum atomic E-state index is -0.455. The molecule has 2 fully saturated rings. The van der Waals surface area contributed by atoms with Gasteiger partial charge in [0.1, 0.15) is 5.60 Å². The second-order valence-corrected chi connectivity index (χ2v) is 7.29. The van der Waals surface area contributed by atoms with E-state index in [4.69, 9.17) is 4.74 Å². The molecule has 0 spiro atoms. The minimum absolute atomic E-state index is 0.105. The summed E-state index contributed by atoms with van der Waals surface area (Å²) in [6.45, 7) is 9.50. The summed E-state index contributed by atoms with van der Waals surface area (Å²) in [4.78, 5) is 18.5. The van der Waals surface area contributed by atoms with E-state index in [9.17, 15) is 4.79 Å². The van der Waals surface area contributed by atoms with Gasteiger partial charge in [0.2, 0.25) is 0 Å². The second-order valence-electron chi connectivity index (χ2n) is 7.29. The molecule has 2 heterocycles. The number of hydrogen-bond donors (Lipinski definition) is 1. The van der Waals surface area contributed by atoms with Crippen LogP contribution in [0, 0.1) is 12.8 Å². The first-order chi connectivity index (χ1) is 9.77. The number of aromatic nitrogens is 1. The van der Waals surface area contributed by atoms with Crippen molar-refractivity contribution in [2.45, 2.75) is 45.3 Å². The molecule has 5 heteroatoms. The number of pyridine rings is 1. The van der Waals surface area contributed by atoms with Crippen LogP contribution >= 0.6 is 0 Å². The third kappa shape index (κ3) is 2.96. The van der Waals surface area contributed by atoms with Gasteiger partial charge in [0.15, 0.2) is 0 Å². The van der Waals surface area contributed by atoms with Gasteiger partial charge in [-0.15, -0.1) is 0 Å². The lowest BCUT2D eigenvalue weighted by Gasteiger charge is -2.25. The Labute approximate surface area is 125 Å². The van der Waals surface area contributed by atoms with Crippen molar-refractivity contribution in [2.24, 2.45) is 5.92 Å². The Morgan fingerprint density at radius 3 is 2.90 bits per heavy atom. The van der Waals surface area contributed by atoms with Crippen LogP contribution in [-0.4, -0.2) is 35.3 Å². The van der Waals surface area contributed by atoms with Gasteiger partial charge < -0.3 is 15.0 Å². The maximum absolute atomic E-state index is 12.0. The van der Waals surface area contributed by atoms with Crippen molar-refractivity contribution in [3.63, 3.8) is 0 Å². The third-order valence-corrected chi connectivity index (χ3v) is 4.12. The highest BCUT2D eigenvalue weighted by Gasteiger charge is 2.61. The molecule has 0 bridgehead atoms. The smallest absolute Gasteiger partial charge is 0.408 e. The summed E-state index contributed by atoms with van der Waals surface area (Å²) in [6.07, 6.45) is 4.48. The molecule has 5 nitrogen and oxygen atoms in total. The normalized spacial score (nSPS) is 27.2. The van der Waals surface area contributed by atoms with E-state index < -0.39 is 5.60 Å². The summed E-state index contributed by atoms with van der Waals surface area (Å²) in [5.74, 6) is 0.519. The maximum atomic E-state index is 12.0. The van der Waals surface area contributed by atoms with Crippen molar-refractivity contribution in [3.8, 4) is 0 Å². The van der Waals surface area contributed by atoms with Gasteiger partial charge >= 0.3 is 6.09 Å². The SMILES string of the molecule is Cc1cncc(N2CC3CC3(NC(=O)OC(C)(C)C)C2)c1. The Morgan fingerprint density at radius 2 is 2.24 bits per heavy atom. The third-order valence-electron chi connectivity index (χ3n) is 4.12. The molecule has 1 saturated carbocycles. The van der Waals surface area contributed by atoms with Gasteiger partial charge in [0, 0.05) is 25.2 Å². The van der Waals surface area contributed by atoms with Crippen molar-refractivity contribution in [2.75, 3.05) is 18.0 Å². The Bertz CT molecular complexity index is 567. The Hall–Kier alpha value is -1.78. The van der Waals surface area contributed by atoms with Crippen LogP contribution in [-0.2, 0) is 4.74 Å². The number of anilines is 1. The average Bonchev–Trinajstić information content (AvgIpc) is 2.87. The number of nitrogens with one attached hydrogen (secondary N) is 1. The number of carbonyl (C=O) groups is 1. The molecule has 2 atom stereocenters. The predicted molar refractivity (Wildman–Crippen MR) is 81.4 cm³/mol. The van der Waals surface area contributed by atoms with Gasteiger partial charge in [-0.2, -0.15) is 0 Å². The molecule has 1 N–H and O–H groups in total. The minimum Gasteiger partial charge on any atom is -0.444 e. The van der Waals surface area contributed by atoms with Crippen LogP contribution < -0.4 is 10.2 Å². The van der Waals surface area contributed by atoms with Crippen LogP contribution in [0.3, 0.4) is 0 Å². The number of rotatable bonds is 2. The highest BCUT2D eigenvalue weighted by Crippen LogP contribution is 2.50. The summed E-state index contributed by atoms with van der Waals surface area (Å²) in [7, 11) is 0. The van der Waals surface area contributed by atoms with Gasteiger partial charge in [0.05, 0.1) is 17.4 Å². The number of hydrogen-bond acceptors (Lipinski definition) is 4. The quantitative estimate of drug-likeness (QED) is 0.909. The molecular formula is C16H23N3O2. The molecule has 114 valence electrons. The van der Waals surface area contributed by atoms with Crippen molar-refractivity contribution in [3.05, 3.63) is 24.0 Å². The number of amides is 1. The fraction of sp³-hybridized carbons (Fsp3) is 0.625. The summed E-state index contributed by atoms with van der Waals surface area (Å²) in [5.41, 5.74) is 1.73. The number of aryl methyl sites for hydroxylation is 1. The molecule has 2 unspecified atom stereocenters. The van der Waals surface area contributed by atoms with Crippen LogP contribution in [0.1, 0.15) is 32.8 Å². The molecule has 2 aliphatic rings. The van der Waals surface area contributed by atoms with Crippen molar-refractivity contribution < 1.29 is 9.53 Å². The lowest BCUT2D eigenvalue weighted by molar-refractivity contribution is 0.0498. The molecule has 1 aliphatic carbocycles. The van der Waals surface area contributed by atoms with Crippen molar-refractivity contribution in [1.82, 2.24) is 10.3 Å². The highest BCUT2D eigenvalue weighted by molar-refractivity contribution is 5.70. The second kappa shape index (κ2) is 4.61. The summed E-state index contributed by atoms with van der Waals surface area (Å²) in [5, 5.41) is 3.08. The molecule has 1 aromatic heterocycles. The first-order valence-electron chi connectivity index (χ1n) is 7.45. The molecule has 21 heavy (non-hydrogen) atoms. The first kappa shape index (κ1) is 14.2. The predicted octanol–water partition coefficient (Wildman–Crippen LogP) is 2.49. The van der Waals surface area contributed by atoms with Crippen LogP contribution in [0.25, 0.3) is 0 Å². The van der Waals surface area contributed by atoms with E-state index in [1.807, 2.05) is 40.1 Å². The lowest BCUT2D eigenvalue weighted by Crippen LogP contribution is -2.44. The molecular weight excluding hydrogens is 266 g/mol. The Morgan fingerprint density at radius 1 is 1.48 bits per heavy atom. The zero-order valence-corrected chi connectivity index (χ0v) is 13.1. The standard InChI is InChI=1S/C16H23N3O2/c1-11-5-13(8-17-7-11)19-9-12-6-16(12,10-19)18-14(20)21-15(2,3)4/h5,7-8,12H,6,9-10H2,1-4H3,(H,18,20). The Balaban J connectivity index is 1.63. The first-order valence-corrected chi connectivity index (χ1v) is 7.45. The van der Waals surface area contributed by atoms with Crippen molar-refractivity contribution in [1.29, 1.82) is 0 Å². The topological polar surface area (TPSA) is 54.5 Å².